The maximum atomic E-state index is 13.8. The number of amides is 1. The Balaban J connectivity index is 1.80. The quantitative estimate of drug-likeness (QED) is 0.653. The summed E-state index contributed by atoms with van der Waals surface area (Å²) < 4.78 is 36.9. The van der Waals surface area contributed by atoms with E-state index in [0.717, 1.165) is 5.56 Å². The van der Waals surface area contributed by atoms with Gasteiger partial charge in [-0.2, -0.15) is 0 Å². The van der Waals surface area contributed by atoms with Crippen LogP contribution in [0.1, 0.15) is 49.7 Å². The van der Waals surface area contributed by atoms with Gasteiger partial charge in [-0.05, 0) is 39.2 Å². The Bertz CT molecular complexity index is 1260. The molecule has 0 aliphatic carbocycles. The molecular formula is C24H28N2O7S. The van der Waals surface area contributed by atoms with Crippen molar-refractivity contribution in [1.82, 2.24) is 4.68 Å². The van der Waals surface area contributed by atoms with Crippen LogP contribution in [0.4, 0.5) is 4.79 Å². The van der Waals surface area contributed by atoms with Crippen molar-refractivity contribution in [2.24, 2.45) is 5.41 Å². The van der Waals surface area contributed by atoms with Crippen molar-refractivity contribution >= 4 is 21.7 Å². The molecule has 1 saturated heterocycles. The van der Waals surface area contributed by atoms with E-state index in [9.17, 15) is 22.8 Å². The van der Waals surface area contributed by atoms with Gasteiger partial charge >= 0.3 is 6.09 Å². The van der Waals surface area contributed by atoms with Crippen molar-refractivity contribution in [3.05, 3.63) is 64.1 Å². The van der Waals surface area contributed by atoms with Crippen molar-refractivity contribution in [3.8, 4) is 5.75 Å². The van der Waals surface area contributed by atoms with Crippen molar-refractivity contribution in [3.63, 3.8) is 0 Å². The number of benzene rings is 1. The van der Waals surface area contributed by atoms with E-state index in [4.69, 9.17) is 9.47 Å². The molecule has 4 rings (SSSR count). The van der Waals surface area contributed by atoms with Crippen LogP contribution in [0.2, 0.25) is 0 Å². The number of pyridine rings is 1. The first-order valence-corrected chi connectivity index (χ1v) is 12.9. The third-order valence-corrected chi connectivity index (χ3v) is 7.71. The smallest absolute Gasteiger partial charge is 0.429 e. The molecule has 3 heterocycles. The van der Waals surface area contributed by atoms with Gasteiger partial charge in [0.15, 0.2) is 17.2 Å². The number of hydrogen-bond donors (Lipinski definition) is 0. The Morgan fingerprint density at radius 1 is 1.06 bits per heavy atom. The van der Waals surface area contributed by atoms with E-state index in [2.05, 4.69) is 0 Å². The highest BCUT2D eigenvalue weighted by Crippen LogP contribution is 2.41. The molecule has 9 nitrogen and oxygen atoms in total. The van der Waals surface area contributed by atoms with Crippen LogP contribution in [0.5, 0.6) is 5.75 Å². The largest absolute Gasteiger partial charge is 0.483 e. The first-order valence-electron chi connectivity index (χ1n) is 11.1. The van der Waals surface area contributed by atoms with Crippen molar-refractivity contribution in [1.29, 1.82) is 0 Å². The van der Waals surface area contributed by atoms with Gasteiger partial charge in [-0.1, -0.05) is 30.3 Å². The van der Waals surface area contributed by atoms with Gasteiger partial charge in [0.25, 0.3) is 0 Å². The lowest BCUT2D eigenvalue weighted by Gasteiger charge is -2.45. The number of rotatable bonds is 3. The molecule has 0 unspecified atom stereocenters. The van der Waals surface area contributed by atoms with Gasteiger partial charge in [0.2, 0.25) is 5.43 Å². The topological polar surface area (TPSA) is 112 Å². The molecule has 1 fully saturated rings. The second kappa shape index (κ2) is 8.57. The predicted molar refractivity (Wildman–Crippen MR) is 125 cm³/mol. The van der Waals surface area contributed by atoms with E-state index in [1.165, 1.54) is 21.9 Å². The van der Waals surface area contributed by atoms with Crippen LogP contribution in [0, 0.1) is 5.41 Å². The van der Waals surface area contributed by atoms with Gasteiger partial charge in [-0.25, -0.2) is 22.9 Å². The number of carbonyl (C=O) groups excluding carboxylic acids is 2. The van der Waals surface area contributed by atoms with Gasteiger partial charge in [0.1, 0.15) is 22.0 Å². The zero-order valence-corrected chi connectivity index (χ0v) is 20.3. The minimum Gasteiger partial charge on any atom is -0.483 e. The van der Waals surface area contributed by atoms with Crippen molar-refractivity contribution in [2.75, 3.05) is 23.1 Å². The van der Waals surface area contributed by atoms with E-state index in [0.29, 0.717) is 0 Å². The lowest BCUT2D eigenvalue weighted by Crippen LogP contribution is -2.59. The number of carbonyl (C=O) groups is 2. The molecule has 1 aromatic heterocycles. The highest BCUT2D eigenvalue weighted by atomic mass is 32.2. The van der Waals surface area contributed by atoms with Crippen LogP contribution in [-0.2, 0) is 21.2 Å². The lowest BCUT2D eigenvalue weighted by atomic mass is 9.75. The zero-order valence-electron chi connectivity index (χ0n) is 19.4. The number of nitrogens with zero attached hydrogens (tertiary/aromatic N) is 2. The summed E-state index contributed by atoms with van der Waals surface area (Å²) in [7, 11) is -3.28. The van der Waals surface area contributed by atoms with Gasteiger partial charge in [0, 0.05) is 12.3 Å². The molecule has 34 heavy (non-hydrogen) atoms. The number of fused-ring (bicyclic) bond motifs is 1. The first-order chi connectivity index (χ1) is 15.9. The van der Waals surface area contributed by atoms with E-state index in [-0.39, 0.29) is 48.9 Å². The maximum absolute atomic E-state index is 13.8. The summed E-state index contributed by atoms with van der Waals surface area (Å²) in [6.45, 7) is 5.18. The van der Waals surface area contributed by atoms with Gasteiger partial charge < -0.3 is 9.47 Å². The Labute approximate surface area is 198 Å². The second-order valence-corrected chi connectivity index (χ2v) is 12.1. The average molecular weight is 489 g/mol. The molecule has 1 spiro atoms. The number of ketones is 1. The van der Waals surface area contributed by atoms with Crippen LogP contribution in [-0.4, -0.2) is 48.6 Å². The monoisotopic (exact) mass is 488 g/mol. The highest BCUT2D eigenvalue weighted by Gasteiger charge is 2.51. The Morgan fingerprint density at radius 3 is 2.32 bits per heavy atom. The number of Topliss-reactive ketones (excluding diaryl/α,β-unsaturated/α-hetero) is 1. The summed E-state index contributed by atoms with van der Waals surface area (Å²) in [5, 5.41) is 1.26. The number of hydrogen-bond acceptors (Lipinski definition) is 7. The number of ether oxygens (including phenoxy) is 2. The molecule has 10 heteroatoms. The fourth-order valence-corrected chi connectivity index (χ4v) is 5.86. The summed E-state index contributed by atoms with van der Waals surface area (Å²) in [5.41, 5.74) is -1.72. The van der Waals surface area contributed by atoms with E-state index in [1.807, 2.05) is 30.3 Å². The summed E-state index contributed by atoms with van der Waals surface area (Å²) in [5.74, 6) is -0.906. The van der Waals surface area contributed by atoms with E-state index in [1.54, 1.807) is 20.8 Å². The Hall–Kier alpha value is -3.14. The molecule has 2 aliphatic heterocycles. The maximum Gasteiger partial charge on any atom is 0.429 e. The molecule has 0 N–H and O–H groups in total. The molecule has 2 aliphatic rings. The lowest BCUT2D eigenvalue weighted by molar-refractivity contribution is 0.0464. The fraction of sp³-hybridized carbons (Fsp3) is 0.458. The van der Waals surface area contributed by atoms with Crippen LogP contribution in [0.3, 0.4) is 0 Å². The minimum absolute atomic E-state index is 0.0498. The molecule has 0 radical (unpaired) electrons. The summed E-state index contributed by atoms with van der Waals surface area (Å²) >= 11 is 0. The second-order valence-electron chi connectivity index (χ2n) is 9.78. The van der Waals surface area contributed by atoms with Crippen LogP contribution in [0.25, 0.3) is 0 Å². The van der Waals surface area contributed by atoms with Gasteiger partial charge in [-0.3, -0.25) is 9.59 Å². The number of sulfone groups is 1. The summed E-state index contributed by atoms with van der Waals surface area (Å²) in [6, 6.07) is 10.4. The molecule has 182 valence electrons. The van der Waals surface area contributed by atoms with Crippen LogP contribution < -0.4 is 15.2 Å². The minimum atomic E-state index is -3.28. The zero-order chi connectivity index (χ0) is 24.7. The van der Waals surface area contributed by atoms with Crippen LogP contribution in [0.15, 0.2) is 47.4 Å². The van der Waals surface area contributed by atoms with E-state index < -0.39 is 38.2 Å². The van der Waals surface area contributed by atoms with Crippen molar-refractivity contribution in [2.45, 2.75) is 45.8 Å². The molecule has 1 amide bonds. The molecule has 1 aromatic carbocycles. The van der Waals surface area contributed by atoms with E-state index >= 15 is 0 Å². The van der Waals surface area contributed by atoms with Gasteiger partial charge in [-0.15, -0.1) is 0 Å². The first kappa shape index (κ1) is 24.0. The molecular weight excluding hydrogens is 460 g/mol. The third-order valence-electron chi connectivity index (χ3n) is 6.06. The average Bonchev–Trinajstić information content (AvgIpc) is 2.76. The standard InChI is InChI=1S/C24H28N2O7S/c1-23(2,3)33-22(29)26-16-24(10-13-34(30,31)14-11-24)21(28)19-20(18(27)9-12-25(19)26)32-15-17-7-5-4-6-8-17/h4-9,12H,10-11,13-16H2,1-3H3. The molecule has 0 bridgehead atoms. The van der Waals surface area contributed by atoms with Crippen LogP contribution >= 0.6 is 0 Å². The number of aromatic nitrogens is 1. The van der Waals surface area contributed by atoms with Gasteiger partial charge in [0.05, 0.1) is 23.5 Å². The molecule has 0 atom stereocenters. The normalized spacial score (nSPS) is 18.9. The Morgan fingerprint density at radius 2 is 1.71 bits per heavy atom. The van der Waals surface area contributed by atoms with Crippen molar-refractivity contribution < 1.29 is 27.5 Å². The molecule has 0 saturated carbocycles. The summed E-state index contributed by atoms with van der Waals surface area (Å²) in [6.07, 6.45) is 0.747. The SMILES string of the molecule is CC(C)(C)OC(=O)N1CC2(CCS(=O)(=O)CC2)C(=O)c2c(OCc3ccccc3)c(=O)ccn21. The predicted octanol–water partition coefficient (Wildman–Crippen LogP) is 2.69. The Kier molecular flexibility index (Phi) is 6.05. The fourth-order valence-electron chi connectivity index (χ4n) is 4.25. The molecule has 2 aromatic rings. The highest BCUT2D eigenvalue weighted by molar-refractivity contribution is 7.91. The third kappa shape index (κ3) is 4.72. The summed E-state index contributed by atoms with van der Waals surface area (Å²) in [4.78, 5) is 39.8.